The Bertz CT molecular complexity index is 726. The third-order valence-electron chi connectivity index (χ3n) is 6.80. The van der Waals surface area contributed by atoms with E-state index in [4.69, 9.17) is 11.6 Å². The number of likely N-dealkylation sites (N-methyl/N-ethyl adjacent to an activating group) is 1. The molecule has 0 bridgehead atoms. The van der Waals surface area contributed by atoms with Gasteiger partial charge in [0.05, 0.1) is 6.04 Å². The zero-order valence-electron chi connectivity index (χ0n) is 19.0. The number of carbonyl (C=O) groups excluding carboxylic acids is 2. The van der Waals surface area contributed by atoms with Crippen molar-refractivity contribution in [3.63, 3.8) is 0 Å². The summed E-state index contributed by atoms with van der Waals surface area (Å²) in [7, 11) is 0. The van der Waals surface area contributed by atoms with Crippen LogP contribution in [0.2, 0.25) is 5.02 Å². The molecule has 3 rings (SSSR count). The Kier molecular flexibility index (Phi) is 9.17. The smallest absolute Gasteiger partial charge is 0.253 e. The van der Waals surface area contributed by atoms with Crippen LogP contribution in [0.15, 0.2) is 24.3 Å². The number of benzene rings is 1. The van der Waals surface area contributed by atoms with Gasteiger partial charge in [-0.25, -0.2) is 0 Å². The summed E-state index contributed by atoms with van der Waals surface area (Å²) in [6.07, 6.45) is 4.66. The largest absolute Gasteiger partial charge is 0.353 e. The van der Waals surface area contributed by atoms with Crippen LogP contribution >= 0.6 is 11.6 Å². The lowest BCUT2D eigenvalue weighted by Gasteiger charge is -2.40. The molecule has 1 aliphatic heterocycles. The molecule has 6 nitrogen and oxygen atoms in total. The minimum Gasteiger partial charge on any atom is -0.353 e. The number of piperazine rings is 1. The van der Waals surface area contributed by atoms with E-state index in [1.807, 2.05) is 17.0 Å². The number of nitrogens with one attached hydrogen (secondary N) is 1. The van der Waals surface area contributed by atoms with E-state index in [1.165, 1.54) is 12.8 Å². The van der Waals surface area contributed by atoms with Crippen molar-refractivity contribution in [1.29, 1.82) is 0 Å². The Balaban J connectivity index is 1.58. The second kappa shape index (κ2) is 11.8. The van der Waals surface area contributed by atoms with Crippen LogP contribution in [0.1, 0.15) is 49.9 Å². The molecule has 2 amide bonds. The maximum Gasteiger partial charge on any atom is 0.253 e. The fourth-order valence-corrected chi connectivity index (χ4v) is 5.13. The number of carbonyl (C=O) groups is 2. The molecular formula is C24H37ClN4O2. The quantitative estimate of drug-likeness (QED) is 0.630. The standard InChI is InChI=1S/C24H37ClN4O2/c1-3-27(4-2)13-12-26-23(30)22(19-8-5-6-9-19)28-14-16-29(17-15-28)24(31)20-10-7-11-21(25)18-20/h7,10-11,18-19,22H,3-6,8-9,12-17H2,1-2H3,(H,26,30)/t22-/m1/s1. The van der Waals surface area contributed by atoms with E-state index in [2.05, 4.69) is 29.0 Å². The van der Waals surface area contributed by atoms with Gasteiger partial charge in [0.2, 0.25) is 5.91 Å². The summed E-state index contributed by atoms with van der Waals surface area (Å²) in [5, 5.41) is 3.78. The molecule has 0 aromatic heterocycles. The summed E-state index contributed by atoms with van der Waals surface area (Å²) < 4.78 is 0. The highest BCUT2D eigenvalue weighted by molar-refractivity contribution is 6.30. The Morgan fingerprint density at radius 1 is 1.13 bits per heavy atom. The van der Waals surface area contributed by atoms with Gasteiger partial charge in [-0.1, -0.05) is 44.4 Å². The van der Waals surface area contributed by atoms with Crippen molar-refractivity contribution in [2.24, 2.45) is 5.92 Å². The summed E-state index contributed by atoms with van der Waals surface area (Å²) in [6, 6.07) is 7.04. The molecule has 1 atom stereocenters. The molecule has 1 aromatic rings. The van der Waals surface area contributed by atoms with E-state index >= 15 is 0 Å². The number of hydrogen-bond donors (Lipinski definition) is 1. The second-order valence-corrected chi connectivity index (χ2v) is 9.08. The molecule has 172 valence electrons. The molecule has 1 N–H and O–H groups in total. The number of amides is 2. The van der Waals surface area contributed by atoms with Crippen molar-refractivity contribution in [2.45, 2.75) is 45.6 Å². The van der Waals surface area contributed by atoms with E-state index in [1.54, 1.807) is 12.1 Å². The van der Waals surface area contributed by atoms with Gasteiger partial charge in [0.1, 0.15) is 0 Å². The molecular weight excluding hydrogens is 412 g/mol. The van der Waals surface area contributed by atoms with Crippen LogP contribution in [0.3, 0.4) is 0 Å². The molecule has 7 heteroatoms. The van der Waals surface area contributed by atoms with Crippen molar-refractivity contribution in [3.05, 3.63) is 34.9 Å². The van der Waals surface area contributed by atoms with E-state index < -0.39 is 0 Å². The monoisotopic (exact) mass is 448 g/mol. The Morgan fingerprint density at radius 2 is 1.81 bits per heavy atom. The molecule has 0 radical (unpaired) electrons. The van der Waals surface area contributed by atoms with E-state index in [0.717, 1.165) is 45.6 Å². The van der Waals surface area contributed by atoms with Gasteiger partial charge in [-0.3, -0.25) is 14.5 Å². The lowest BCUT2D eigenvalue weighted by atomic mass is 9.95. The number of halogens is 1. The summed E-state index contributed by atoms with van der Waals surface area (Å²) in [6.45, 7) is 10.6. The van der Waals surface area contributed by atoms with Crippen LogP contribution in [0, 0.1) is 5.92 Å². The fraction of sp³-hybridized carbons (Fsp3) is 0.667. The summed E-state index contributed by atoms with van der Waals surface area (Å²) >= 11 is 6.05. The fourth-order valence-electron chi connectivity index (χ4n) is 4.94. The van der Waals surface area contributed by atoms with Crippen LogP contribution < -0.4 is 5.32 Å². The van der Waals surface area contributed by atoms with Gasteiger partial charge in [-0.05, 0) is 50.0 Å². The predicted octanol–water partition coefficient (Wildman–Crippen LogP) is 3.11. The summed E-state index contributed by atoms with van der Waals surface area (Å²) in [4.78, 5) is 32.6. The highest BCUT2D eigenvalue weighted by atomic mass is 35.5. The van der Waals surface area contributed by atoms with Gasteiger partial charge in [0.15, 0.2) is 0 Å². The zero-order valence-corrected chi connectivity index (χ0v) is 19.7. The maximum atomic E-state index is 13.2. The zero-order chi connectivity index (χ0) is 22.2. The van der Waals surface area contributed by atoms with Crippen LogP contribution in [0.25, 0.3) is 0 Å². The number of hydrogen-bond acceptors (Lipinski definition) is 4. The minimum absolute atomic E-state index is 0.0169. The van der Waals surface area contributed by atoms with Crippen LogP contribution in [-0.4, -0.2) is 84.9 Å². The first-order chi connectivity index (χ1) is 15.0. The first kappa shape index (κ1) is 24.0. The number of nitrogens with zero attached hydrogens (tertiary/aromatic N) is 3. The SMILES string of the molecule is CCN(CC)CCNC(=O)[C@@H](C1CCCC1)N1CCN(C(=O)c2cccc(Cl)c2)CC1. The summed E-state index contributed by atoms with van der Waals surface area (Å²) in [5.74, 6) is 0.598. The Labute approximate surface area is 191 Å². The lowest BCUT2D eigenvalue weighted by molar-refractivity contribution is -0.129. The average Bonchev–Trinajstić information content (AvgIpc) is 3.31. The molecule has 1 aromatic carbocycles. The highest BCUT2D eigenvalue weighted by Crippen LogP contribution is 2.31. The first-order valence-electron chi connectivity index (χ1n) is 11.8. The van der Waals surface area contributed by atoms with Gasteiger partial charge in [-0.2, -0.15) is 0 Å². The predicted molar refractivity (Wildman–Crippen MR) is 125 cm³/mol. The van der Waals surface area contributed by atoms with Crippen LogP contribution in [0.5, 0.6) is 0 Å². The van der Waals surface area contributed by atoms with Crippen LogP contribution in [-0.2, 0) is 4.79 Å². The van der Waals surface area contributed by atoms with Crippen LogP contribution in [0.4, 0.5) is 0 Å². The molecule has 1 saturated carbocycles. The third-order valence-corrected chi connectivity index (χ3v) is 7.04. The molecule has 0 spiro atoms. The lowest BCUT2D eigenvalue weighted by Crippen LogP contribution is -2.58. The molecule has 1 saturated heterocycles. The first-order valence-corrected chi connectivity index (χ1v) is 12.2. The maximum absolute atomic E-state index is 13.2. The van der Waals surface area contributed by atoms with Gasteiger partial charge in [0.25, 0.3) is 5.91 Å². The van der Waals surface area contributed by atoms with Gasteiger partial charge >= 0.3 is 0 Å². The second-order valence-electron chi connectivity index (χ2n) is 8.65. The van der Waals surface area contributed by atoms with Gasteiger partial charge < -0.3 is 15.1 Å². The average molecular weight is 449 g/mol. The Morgan fingerprint density at radius 3 is 2.42 bits per heavy atom. The molecule has 2 aliphatic rings. The van der Waals surface area contributed by atoms with Gasteiger partial charge in [-0.15, -0.1) is 0 Å². The van der Waals surface area contributed by atoms with Crippen molar-refractivity contribution in [3.8, 4) is 0 Å². The molecule has 0 unspecified atom stereocenters. The highest BCUT2D eigenvalue weighted by Gasteiger charge is 2.37. The molecule has 1 heterocycles. The summed E-state index contributed by atoms with van der Waals surface area (Å²) in [5.41, 5.74) is 0.627. The van der Waals surface area contributed by atoms with Gasteiger partial charge in [0, 0.05) is 49.9 Å². The van der Waals surface area contributed by atoms with Crippen molar-refractivity contribution in [2.75, 3.05) is 52.4 Å². The van der Waals surface area contributed by atoms with Crippen molar-refractivity contribution < 1.29 is 9.59 Å². The molecule has 31 heavy (non-hydrogen) atoms. The van der Waals surface area contributed by atoms with E-state index in [0.29, 0.717) is 36.1 Å². The molecule has 1 aliphatic carbocycles. The van der Waals surface area contributed by atoms with Crippen molar-refractivity contribution in [1.82, 2.24) is 20.0 Å². The number of rotatable bonds is 9. The molecule has 2 fully saturated rings. The minimum atomic E-state index is -0.0809. The van der Waals surface area contributed by atoms with E-state index in [-0.39, 0.29) is 17.9 Å². The third kappa shape index (κ3) is 6.43. The van der Waals surface area contributed by atoms with Crippen molar-refractivity contribution >= 4 is 23.4 Å². The Hall–Kier alpha value is -1.63. The normalized spacial score (nSPS) is 19.0. The topological polar surface area (TPSA) is 55.9 Å². The van der Waals surface area contributed by atoms with E-state index in [9.17, 15) is 9.59 Å².